The van der Waals surface area contributed by atoms with E-state index in [1.54, 1.807) is 0 Å². The highest BCUT2D eigenvalue weighted by Gasteiger charge is 2.26. The van der Waals surface area contributed by atoms with E-state index in [1.165, 1.54) is 16.8 Å². The van der Waals surface area contributed by atoms with E-state index in [1.807, 2.05) is 6.07 Å². The van der Waals surface area contributed by atoms with Crippen LogP contribution in [0.3, 0.4) is 0 Å². The molecule has 3 rings (SSSR count). The van der Waals surface area contributed by atoms with E-state index in [4.69, 9.17) is 10.5 Å². The summed E-state index contributed by atoms with van der Waals surface area (Å²) in [5, 5.41) is 0. The fourth-order valence-corrected chi connectivity index (χ4v) is 2.95. The van der Waals surface area contributed by atoms with Crippen molar-refractivity contribution < 1.29 is 4.74 Å². The number of benzene rings is 2. The zero-order valence-electron chi connectivity index (χ0n) is 13.2. The Hall–Kier alpha value is -2.00. The lowest BCUT2D eigenvalue weighted by molar-refractivity contribution is 0.197. The number of nitrogens with zero attached hydrogens (tertiary/aromatic N) is 1. The fraction of sp³-hybridized carbons (Fsp3) is 0.368. The molecule has 22 heavy (non-hydrogen) atoms. The Morgan fingerprint density at radius 2 is 2.00 bits per heavy atom. The van der Waals surface area contributed by atoms with Crippen molar-refractivity contribution >= 4 is 5.69 Å². The Labute approximate surface area is 132 Å². The van der Waals surface area contributed by atoms with Crippen molar-refractivity contribution in [2.75, 3.05) is 24.5 Å². The van der Waals surface area contributed by atoms with Crippen LogP contribution in [-0.2, 0) is 6.42 Å². The van der Waals surface area contributed by atoms with E-state index in [0.717, 1.165) is 38.2 Å². The maximum Gasteiger partial charge on any atom is 0.143 e. The molecule has 3 heteroatoms. The number of hydrogen-bond donors (Lipinski definition) is 1. The van der Waals surface area contributed by atoms with Gasteiger partial charge in [0.15, 0.2) is 0 Å². The monoisotopic (exact) mass is 296 g/mol. The van der Waals surface area contributed by atoms with E-state index in [0.29, 0.717) is 0 Å². The smallest absolute Gasteiger partial charge is 0.143 e. The molecule has 2 aromatic carbocycles. The van der Waals surface area contributed by atoms with Crippen LogP contribution in [0.25, 0.3) is 0 Å². The maximum atomic E-state index is 6.25. The lowest BCUT2D eigenvalue weighted by Crippen LogP contribution is -2.36. The molecule has 0 saturated heterocycles. The molecular formula is C19H24N2O. The van der Waals surface area contributed by atoms with Crippen molar-refractivity contribution in [2.24, 2.45) is 5.73 Å². The molecule has 2 aromatic rings. The van der Waals surface area contributed by atoms with E-state index >= 15 is 0 Å². The molecule has 1 aliphatic rings. The first kappa shape index (κ1) is 14.9. The van der Waals surface area contributed by atoms with Gasteiger partial charge < -0.3 is 15.4 Å². The third-order valence-electron chi connectivity index (χ3n) is 4.23. The lowest BCUT2D eigenvalue weighted by atomic mass is 10.0. The summed E-state index contributed by atoms with van der Waals surface area (Å²) >= 11 is 0. The molecule has 0 bridgehead atoms. The van der Waals surface area contributed by atoms with Gasteiger partial charge in [-0.25, -0.2) is 0 Å². The minimum absolute atomic E-state index is 0.0824. The van der Waals surface area contributed by atoms with E-state index in [2.05, 4.69) is 54.3 Å². The number of rotatable bonds is 5. The van der Waals surface area contributed by atoms with Gasteiger partial charge in [-0.1, -0.05) is 43.3 Å². The first-order chi connectivity index (χ1) is 10.8. The summed E-state index contributed by atoms with van der Waals surface area (Å²) in [7, 11) is 0. The topological polar surface area (TPSA) is 38.5 Å². The molecule has 116 valence electrons. The van der Waals surface area contributed by atoms with Gasteiger partial charge in [-0.3, -0.25) is 0 Å². The van der Waals surface area contributed by atoms with E-state index < -0.39 is 0 Å². The first-order valence-corrected chi connectivity index (χ1v) is 8.11. The van der Waals surface area contributed by atoms with Gasteiger partial charge in [0.05, 0.1) is 12.2 Å². The highest BCUT2D eigenvalue weighted by Crippen LogP contribution is 2.38. The van der Waals surface area contributed by atoms with Gasteiger partial charge in [0, 0.05) is 6.54 Å². The number of nitrogens with two attached hydrogens (primary N) is 1. The Kier molecular flexibility index (Phi) is 4.64. The van der Waals surface area contributed by atoms with E-state index in [9.17, 15) is 0 Å². The average molecular weight is 296 g/mol. The van der Waals surface area contributed by atoms with Crippen molar-refractivity contribution in [3.8, 4) is 5.75 Å². The van der Waals surface area contributed by atoms with Crippen LogP contribution in [0.2, 0.25) is 0 Å². The molecule has 0 aliphatic carbocycles. The third kappa shape index (κ3) is 3.09. The van der Waals surface area contributed by atoms with Crippen LogP contribution in [0.4, 0.5) is 5.69 Å². The number of fused-ring (bicyclic) bond motifs is 1. The largest absolute Gasteiger partial charge is 0.482 e. The number of aryl methyl sites for hydroxylation is 1. The second kappa shape index (κ2) is 6.84. The number of ether oxygens (including phenoxy) is 1. The van der Waals surface area contributed by atoms with Gasteiger partial charge in [0.2, 0.25) is 0 Å². The summed E-state index contributed by atoms with van der Waals surface area (Å²) in [5.41, 5.74) is 9.49. The normalized spacial score (nSPS) is 17.0. The van der Waals surface area contributed by atoms with Crippen molar-refractivity contribution in [3.63, 3.8) is 0 Å². The van der Waals surface area contributed by atoms with Crippen LogP contribution in [0.1, 0.15) is 30.6 Å². The molecule has 0 radical (unpaired) electrons. The van der Waals surface area contributed by atoms with Gasteiger partial charge >= 0.3 is 0 Å². The molecule has 1 atom stereocenters. The molecule has 3 nitrogen and oxygen atoms in total. The summed E-state index contributed by atoms with van der Waals surface area (Å²) in [6, 6.07) is 17.0. The summed E-state index contributed by atoms with van der Waals surface area (Å²) in [6.07, 6.45) is 2.12. The minimum Gasteiger partial charge on any atom is -0.482 e. The summed E-state index contributed by atoms with van der Waals surface area (Å²) in [5.74, 6) is 0.981. The first-order valence-electron chi connectivity index (χ1n) is 8.11. The standard InChI is InChI=1S/C19H24N2O/c1-2-15-9-10-18-17(13-15)21(12-6-11-20)14-19(22-18)16-7-4-3-5-8-16/h3-5,7-10,13,19H,2,6,11-12,14,20H2,1H3. The lowest BCUT2D eigenvalue weighted by Gasteiger charge is -2.37. The van der Waals surface area contributed by atoms with Crippen molar-refractivity contribution in [3.05, 3.63) is 59.7 Å². The second-order valence-electron chi connectivity index (χ2n) is 5.76. The Bertz CT molecular complexity index is 612. The number of hydrogen-bond acceptors (Lipinski definition) is 3. The molecule has 0 aromatic heterocycles. The molecule has 0 saturated carbocycles. The predicted octanol–water partition coefficient (Wildman–Crippen LogP) is 3.54. The van der Waals surface area contributed by atoms with Crippen LogP contribution in [0.15, 0.2) is 48.5 Å². The fourth-order valence-electron chi connectivity index (χ4n) is 2.95. The van der Waals surface area contributed by atoms with E-state index in [-0.39, 0.29) is 6.10 Å². The minimum atomic E-state index is 0.0824. The second-order valence-corrected chi connectivity index (χ2v) is 5.76. The number of anilines is 1. The molecule has 0 spiro atoms. The van der Waals surface area contributed by atoms with Crippen molar-refractivity contribution in [2.45, 2.75) is 25.9 Å². The van der Waals surface area contributed by atoms with Gasteiger partial charge in [-0.05, 0) is 42.6 Å². The van der Waals surface area contributed by atoms with Gasteiger partial charge in [-0.2, -0.15) is 0 Å². The van der Waals surface area contributed by atoms with Crippen LogP contribution in [0.5, 0.6) is 5.75 Å². The van der Waals surface area contributed by atoms with Crippen molar-refractivity contribution in [1.29, 1.82) is 0 Å². The van der Waals surface area contributed by atoms with Crippen LogP contribution >= 0.6 is 0 Å². The zero-order chi connectivity index (χ0) is 15.4. The summed E-state index contributed by atoms with van der Waals surface area (Å²) in [4.78, 5) is 2.42. The Morgan fingerprint density at radius 1 is 1.18 bits per heavy atom. The van der Waals surface area contributed by atoms with Gasteiger partial charge in [-0.15, -0.1) is 0 Å². The molecule has 1 heterocycles. The van der Waals surface area contributed by atoms with Crippen LogP contribution < -0.4 is 15.4 Å². The molecule has 0 amide bonds. The molecule has 2 N–H and O–H groups in total. The Morgan fingerprint density at radius 3 is 2.73 bits per heavy atom. The molecule has 1 unspecified atom stereocenters. The highest BCUT2D eigenvalue weighted by atomic mass is 16.5. The predicted molar refractivity (Wildman–Crippen MR) is 91.5 cm³/mol. The molecular weight excluding hydrogens is 272 g/mol. The Balaban J connectivity index is 1.91. The van der Waals surface area contributed by atoms with Gasteiger partial charge in [0.25, 0.3) is 0 Å². The van der Waals surface area contributed by atoms with Crippen LogP contribution in [0, 0.1) is 0 Å². The highest BCUT2D eigenvalue weighted by molar-refractivity contribution is 5.62. The zero-order valence-corrected chi connectivity index (χ0v) is 13.2. The molecule has 0 fully saturated rings. The third-order valence-corrected chi connectivity index (χ3v) is 4.23. The SMILES string of the molecule is CCc1ccc2c(c1)N(CCCN)CC(c1ccccc1)O2. The molecule has 1 aliphatic heterocycles. The van der Waals surface area contributed by atoms with Crippen LogP contribution in [-0.4, -0.2) is 19.6 Å². The summed E-state index contributed by atoms with van der Waals surface area (Å²) in [6.45, 7) is 4.76. The average Bonchev–Trinajstić information content (AvgIpc) is 2.59. The van der Waals surface area contributed by atoms with Gasteiger partial charge in [0.1, 0.15) is 11.9 Å². The quantitative estimate of drug-likeness (QED) is 0.917. The maximum absolute atomic E-state index is 6.25. The summed E-state index contributed by atoms with van der Waals surface area (Å²) < 4.78 is 6.25. The van der Waals surface area contributed by atoms with Crippen molar-refractivity contribution in [1.82, 2.24) is 0 Å².